The second-order valence-electron chi connectivity index (χ2n) is 6.32. The lowest BCUT2D eigenvalue weighted by molar-refractivity contribution is 0.0633. The molecule has 1 aromatic heterocycles. The zero-order valence-electron chi connectivity index (χ0n) is 14.3. The van der Waals surface area contributed by atoms with E-state index in [4.69, 9.17) is 0 Å². The minimum atomic E-state index is -1.01. The number of phenolic OH excluding ortho intramolecular Hbond substituents is 1. The maximum absolute atomic E-state index is 13.6. The van der Waals surface area contributed by atoms with E-state index < -0.39 is 6.17 Å². The molecule has 1 aliphatic rings. The summed E-state index contributed by atoms with van der Waals surface area (Å²) in [5.74, 6) is -0.0777. The van der Waals surface area contributed by atoms with Crippen LogP contribution in [0.2, 0.25) is 0 Å². The van der Waals surface area contributed by atoms with Gasteiger partial charge in [-0.2, -0.15) is 0 Å². The summed E-state index contributed by atoms with van der Waals surface area (Å²) in [6.45, 7) is 4.30. The number of anilines is 2. The van der Waals surface area contributed by atoms with Gasteiger partial charge in [-0.25, -0.2) is 14.4 Å². The van der Waals surface area contributed by atoms with Crippen LogP contribution in [0.5, 0.6) is 5.75 Å². The van der Waals surface area contributed by atoms with E-state index in [-0.39, 0.29) is 23.8 Å². The molecule has 25 heavy (non-hydrogen) atoms. The molecule has 1 aromatic carbocycles. The Morgan fingerprint density at radius 2 is 2.00 bits per heavy atom. The van der Waals surface area contributed by atoms with Gasteiger partial charge in [0, 0.05) is 23.6 Å². The van der Waals surface area contributed by atoms with Gasteiger partial charge in [-0.15, -0.1) is 0 Å². The van der Waals surface area contributed by atoms with Gasteiger partial charge in [-0.1, -0.05) is 0 Å². The van der Waals surface area contributed by atoms with Gasteiger partial charge in [0.05, 0.1) is 12.1 Å². The van der Waals surface area contributed by atoms with Crippen LogP contribution in [0.25, 0.3) is 0 Å². The highest BCUT2D eigenvalue weighted by Crippen LogP contribution is 2.26. The SMILES string of the molecule is Cc1cc(C)nc(Nc2ccc(O)c(C(=O)N3CCC[C@H](F)C3)c2)n1. The second kappa shape index (κ2) is 7.04. The van der Waals surface area contributed by atoms with Gasteiger partial charge >= 0.3 is 0 Å². The number of carbonyl (C=O) groups excluding carboxylic acids is 1. The Kier molecular flexibility index (Phi) is 4.83. The third kappa shape index (κ3) is 4.04. The summed E-state index contributed by atoms with van der Waals surface area (Å²) in [4.78, 5) is 22.7. The first-order chi connectivity index (χ1) is 11.9. The number of benzene rings is 1. The van der Waals surface area contributed by atoms with Gasteiger partial charge in [0.2, 0.25) is 5.95 Å². The predicted molar refractivity (Wildman–Crippen MR) is 92.9 cm³/mol. The van der Waals surface area contributed by atoms with Crippen molar-refractivity contribution >= 4 is 17.5 Å². The number of hydrogen-bond donors (Lipinski definition) is 2. The lowest BCUT2D eigenvalue weighted by atomic mass is 10.1. The summed E-state index contributed by atoms with van der Waals surface area (Å²) in [5.41, 5.74) is 2.38. The molecule has 132 valence electrons. The van der Waals surface area contributed by atoms with Crippen LogP contribution in [0, 0.1) is 13.8 Å². The normalized spacial score (nSPS) is 17.4. The number of rotatable bonds is 3. The molecule has 1 aliphatic heterocycles. The Hall–Kier alpha value is -2.70. The number of nitrogens with zero attached hydrogens (tertiary/aromatic N) is 3. The Balaban J connectivity index is 1.83. The number of amides is 1. The Labute approximate surface area is 145 Å². The highest BCUT2D eigenvalue weighted by Gasteiger charge is 2.26. The van der Waals surface area contributed by atoms with Crippen molar-refractivity contribution in [2.45, 2.75) is 32.9 Å². The fraction of sp³-hybridized carbons (Fsp3) is 0.389. The standard InChI is InChI=1S/C18H21FN4O2/c1-11-8-12(2)21-18(20-11)22-14-5-6-16(24)15(9-14)17(25)23-7-3-4-13(19)10-23/h5-6,8-9,13,24H,3-4,7,10H2,1-2H3,(H,20,21,22)/t13-/m0/s1. The average Bonchev–Trinajstić information content (AvgIpc) is 2.55. The Bertz CT molecular complexity index is 776. The number of hydrogen-bond acceptors (Lipinski definition) is 5. The van der Waals surface area contributed by atoms with Gasteiger partial charge in [0.25, 0.3) is 5.91 Å². The highest BCUT2D eigenvalue weighted by atomic mass is 19.1. The first-order valence-corrected chi connectivity index (χ1v) is 8.28. The van der Waals surface area contributed by atoms with Crippen LogP contribution in [-0.2, 0) is 0 Å². The molecule has 0 unspecified atom stereocenters. The summed E-state index contributed by atoms with van der Waals surface area (Å²) in [7, 11) is 0. The number of phenols is 1. The maximum Gasteiger partial charge on any atom is 0.257 e. The minimum absolute atomic E-state index is 0.0656. The van der Waals surface area contributed by atoms with Gasteiger partial charge in [-0.3, -0.25) is 4.79 Å². The summed E-state index contributed by atoms with van der Waals surface area (Å²) in [5, 5.41) is 13.1. The van der Waals surface area contributed by atoms with E-state index in [1.807, 2.05) is 19.9 Å². The predicted octanol–water partition coefficient (Wildman–Crippen LogP) is 3.12. The minimum Gasteiger partial charge on any atom is -0.507 e. The van der Waals surface area contributed by atoms with Crippen LogP contribution in [0.15, 0.2) is 24.3 Å². The second-order valence-corrected chi connectivity index (χ2v) is 6.32. The molecule has 6 nitrogen and oxygen atoms in total. The monoisotopic (exact) mass is 344 g/mol. The molecule has 3 rings (SSSR count). The van der Waals surface area contributed by atoms with Crippen molar-refractivity contribution in [3.05, 3.63) is 41.2 Å². The van der Waals surface area contributed by atoms with E-state index in [9.17, 15) is 14.3 Å². The molecule has 0 radical (unpaired) electrons. The first-order valence-electron chi connectivity index (χ1n) is 8.28. The quantitative estimate of drug-likeness (QED) is 0.837. The maximum atomic E-state index is 13.6. The zero-order chi connectivity index (χ0) is 18.0. The number of aryl methyl sites for hydroxylation is 2. The third-order valence-electron chi connectivity index (χ3n) is 4.12. The molecule has 2 N–H and O–H groups in total. The zero-order valence-corrected chi connectivity index (χ0v) is 14.3. The van der Waals surface area contributed by atoms with E-state index in [2.05, 4.69) is 15.3 Å². The van der Waals surface area contributed by atoms with E-state index in [0.717, 1.165) is 11.4 Å². The fourth-order valence-corrected chi connectivity index (χ4v) is 2.98. The number of aromatic nitrogens is 2. The molecule has 1 atom stereocenters. The molecule has 0 bridgehead atoms. The van der Waals surface area contributed by atoms with E-state index >= 15 is 0 Å². The third-order valence-corrected chi connectivity index (χ3v) is 4.12. The number of piperidine rings is 1. The molecule has 0 aliphatic carbocycles. The number of likely N-dealkylation sites (tertiary alicyclic amines) is 1. The van der Waals surface area contributed by atoms with Gasteiger partial charge in [-0.05, 0) is 51.0 Å². The van der Waals surface area contributed by atoms with Crippen molar-refractivity contribution in [3.63, 3.8) is 0 Å². The van der Waals surface area contributed by atoms with Crippen LogP contribution < -0.4 is 5.32 Å². The van der Waals surface area contributed by atoms with Crippen LogP contribution in [0.4, 0.5) is 16.0 Å². The summed E-state index contributed by atoms with van der Waals surface area (Å²) in [6.07, 6.45) is 0.0912. The molecular formula is C18H21FN4O2. The molecule has 2 heterocycles. The molecule has 1 amide bonds. The van der Waals surface area contributed by atoms with Gasteiger partial charge < -0.3 is 15.3 Å². The molecule has 7 heteroatoms. The van der Waals surface area contributed by atoms with Crippen molar-refractivity contribution < 1.29 is 14.3 Å². The highest BCUT2D eigenvalue weighted by molar-refractivity contribution is 5.98. The first kappa shape index (κ1) is 17.1. The van der Waals surface area contributed by atoms with Crippen LogP contribution in [0.1, 0.15) is 34.6 Å². The molecule has 1 fully saturated rings. The summed E-state index contributed by atoms with van der Waals surface area (Å²) in [6, 6.07) is 6.48. The van der Waals surface area contributed by atoms with E-state index in [0.29, 0.717) is 31.0 Å². The van der Waals surface area contributed by atoms with Gasteiger partial charge in [0.15, 0.2) is 0 Å². The topological polar surface area (TPSA) is 78.4 Å². The molecule has 2 aromatic rings. The van der Waals surface area contributed by atoms with Crippen LogP contribution in [0.3, 0.4) is 0 Å². The lowest BCUT2D eigenvalue weighted by Crippen LogP contribution is -2.40. The fourth-order valence-electron chi connectivity index (χ4n) is 2.98. The van der Waals surface area contributed by atoms with E-state index in [1.165, 1.54) is 11.0 Å². The van der Waals surface area contributed by atoms with E-state index in [1.54, 1.807) is 12.1 Å². The van der Waals surface area contributed by atoms with Crippen molar-refractivity contribution in [1.82, 2.24) is 14.9 Å². The molecule has 0 spiro atoms. The van der Waals surface area contributed by atoms with Crippen molar-refractivity contribution in [2.75, 3.05) is 18.4 Å². The Morgan fingerprint density at radius 1 is 1.28 bits per heavy atom. The summed E-state index contributed by atoms with van der Waals surface area (Å²) < 4.78 is 13.6. The number of carbonyl (C=O) groups is 1. The summed E-state index contributed by atoms with van der Waals surface area (Å²) >= 11 is 0. The average molecular weight is 344 g/mol. The Morgan fingerprint density at radius 3 is 2.68 bits per heavy atom. The number of halogens is 1. The van der Waals surface area contributed by atoms with Crippen LogP contribution in [-0.4, -0.2) is 45.1 Å². The number of aromatic hydroxyl groups is 1. The number of nitrogens with one attached hydrogen (secondary N) is 1. The molecule has 1 saturated heterocycles. The number of alkyl halides is 1. The molecule has 0 saturated carbocycles. The smallest absolute Gasteiger partial charge is 0.257 e. The lowest BCUT2D eigenvalue weighted by Gasteiger charge is -2.29. The van der Waals surface area contributed by atoms with Crippen molar-refractivity contribution in [2.24, 2.45) is 0 Å². The largest absolute Gasteiger partial charge is 0.507 e. The van der Waals surface area contributed by atoms with Crippen LogP contribution >= 0.6 is 0 Å². The van der Waals surface area contributed by atoms with Gasteiger partial charge in [0.1, 0.15) is 11.9 Å². The van der Waals surface area contributed by atoms with Crippen molar-refractivity contribution in [1.29, 1.82) is 0 Å². The van der Waals surface area contributed by atoms with Crippen molar-refractivity contribution in [3.8, 4) is 5.75 Å². The molecular weight excluding hydrogens is 323 g/mol.